The predicted molar refractivity (Wildman–Crippen MR) is 89.6 cm³/mol. The van der Waals surface area contributed by atoms with E-state index in [2.05, 4.69) is 0 Å². The minimum atomic E-state index is 0.219. The van der Waals surface area contributed by atoms with E-state index in [1.165, 1.54) is 0 Å². The van der Waals surface area contributed by atoms with E-state index < -0.39 is 0 Å². The van der Waals surface area contributed by atoms with E-state index in [1.54, 1.807) is 7.11 Å². The monoisotopic (exact) mass is 337 g/mol. The SMILES string of the molecule is COCC[C@@H]1CO[C@@H]2CN(C(=O)CCc3ccc(Cl)cc3)C[C@H]12. The van der Waals surface area contributed by atoms with Gasteiger partial charge in [0.15, 0.2) is 0 Å². The predicted octanol–water partition coefficient (Wildman–Crippen LogP) is 2.78. The third kappa shape index (κ3) is 4.06. The zero-order valence-electron chi connectivity index (χ0n) is 13.5. The number of likely N-dealkylation sites (tertiary alicyclic amines) is 1. The first-order valence-electron chi connectivity index (χ1n) is 8.30. The average Bonchev–Trinajstić information content (AvgIpc) is 3.13. The molecule has 2 aliphatic rings. The van der Waals surface area contributed by atoms with Crippen LogP contribution in [0.25, 0.3) is 0 Å². The Kier molecular flexibility index (Phi) is 5.57. The lowest BCUT2D eigenvalue weighted by Gasteiger charge is -2.19. The molecule has 2 fully saturated rings. The van der Waals surface area contributed by atoms with Gasteiger partial charge in [-0.3, -0.25) is 4.79 Å². The lowest BCUT2D eigenvalue weighted by atomic mass is 9.91. The molecule has 5 heteroatoms. The molecule has 0 aliphatic carbocycles. The van der Waals surface area contributed by atoms with Gasteiger partial charge in [-0.1, -0.05) is 23.7 Å². The molecule has 2 heterocycles. The summed E-state index contributed by atoms with van der Waals surface area (Å²) in [5, 5.41) is 0.728. The molecule has 0 saturated carbocycles. The van der Waals surface area contributed by atoms with Gasteiger partial charge in [0.25, 0.3) is 0 Å². The van der Waals surface area contributed by atoms with Crippen molar-refractivity contribution in [3.05, 3.63) is 34.9 Å². The highest BCUT2D eigenvalue weighted by molar-refractivity contribution is 6.30. The summed E-state index contributed by atoms with van der Waals surface area (Å²) in [6.07, 6.45) is 2.54. The average molecular weight is 338 g/mol. The Bertz CT molecular complexity index is 534. The second kappa shape index (κ2) is 7.65. The number of aryl methyl sites for hydroxylation is 1. The number of carbonyl (C=O) groups is 1. The number of rotatable bonds is 6. The van der Waals surface area contributed by atoms with Gasteiger partial charge in [0, 0.05) is 44.2 Å². The second-order valence-electron chi connectivity index (χ2n) is 6.50. The van der Waals surface area contributed by atoms with Crippen molar-refractivity contribution in [3.8, 4) is 0 Å². The molecule has 1 amide bonds. The first-order valence-corrected chi connectivity index (χ1v) is 8.68. The number of carbonyl (C=O) groups excluding carboxylic acids is 1. The number of nitrogens with zero attached hydrogens (tertiary/aromatic N) is 1. The fourth-order valence-corrected chi connectivity index (χ4v) is 3.76. The first kappa shape index (κ1) is 16.7. The van der Waals surface area contributed by atoms with Gasteiger partial charge in [-0.2, -0.15) is 0 Å². The second-order valence-corrected chi connectivity index (χ2v) is 6.94. The molecule has 0 unspecified atom stereocenters. The molecule has 1 aromatic carbocycles. The Balaban J connectivity index is 1.48. The first-order chi connectivity index (χ1) is 11.2. The van der Waals surface area contributed by atoms with E-state index in [0.29, 0.717) is 18.3 Å². The van der Waals surface area contributed by atoms with E-state index in [1.807, 2.05) is 29.2 Å². The summed E-state index contributed by atoms with van der Waals surface area (Å²) in [5.74, 6) is 1.22. The van der Waals surface area contributed by atoms with Crippen molar-refractivity contribution in [2.75, 3.05) is 33.4 Å². The Morgan fingerprint density at radius 1 is 1.35 bits per heavy atom. The lowest BCUT2D eigenvalue weighted by molar-refractivity contribution is -0.130. The summed E-state index contributed by atoms with van der Waals surface area (Å²) in [4.78, 5) is 14.4. The van der Waals surface area contributed by atoms with Crippen LogP contribution in [0, 0.1) is 11.8 Å². The Hall–Kier alpha value is -1.10. The maximum atomic E-state index is 12.5. The highest BCUT2D eigenvalue weighted by Crippen LogP contribution is 2.35. The van der Waals surface area contributed by atoms with Crippen molar-refractivity contribution in [3.63, 3.8) is 0 Å². The van der Waals surface area contributed by atoms with E-state index >= 15 is 0 Å². The summed E-state index contributed by atoms with van der Waals surface area (Å²) in [7, 11) is 1.73. The van der Waals surface area contributed by atoms with Crippen molar-refractivity contribution in [2.24, 2.45) is 11.8 Å². The number of benzene rings is 1. The molecular weight excluding hydrogens is 314 g/mol. The number of hydrogen-bond donors (Lipinski definition) is 0. The van der Waals surface area contributed by atoms with Gasteiger partial charge in [0.2, 0.25) is 5.91 Å². The molecule has 4 nitrogen and oxygen atoms in total. The molecule has 126 valence electrons. The van der Waals surface area contributed by atoms with Crippen LogP contribution in [0.5, 0.6) is 0 Å². The van der Waals surface area contributed by atoms with Crippen LogP contribution >= 0.6 is 11.6 Å². The van der Waals surface area contributed by atoms with Crippen LogP contribution in [0.4, 0.5) is 0 Å². The van der Waals surface area contributed by atoms with Crippen molar-refractivity contribution in [1.82, 2.24) is 4.90 Å². The summed E-state index contributed by atoms with van der Waals surface area (Å²) < 4.78 is 11.1. The summed E-state index contributed by atoms with van der Waals surface area (Å²) in [5.41, 5.74) is 1.15. The Morgan fingerprint density at radius 3 is 2.87 bits per heavy atom. The maximum absolute atomic E-state index is 12.5. The van der Waals surface area contributed by atoms with E-state index in [9.17, 15) is 4.79 Å². The Morgan fingerprint density at radius 2 is 2.13 bits per heavy atom. The molecule has 0 aromatic heterocycles. The summed E-state index contributed by atoms with van der Waals surface area (Å²) >= 11 is 5.88. The molecule has 0 N–H and O–H groups in total. The van der Waals surface area contributed by atoms with Gasteiger partial charge in [0.1, 0.15) is 0 Å². The molecule has 23 heavy (non-hydrogen) atoms. The summed E-state index contributed by atoms with van der Waals surface area (Å²) in [6, 6.07) is 7.71. The zero-order chi connectivity index (χ0) is 16.2. The van der Waals surface area contributed by atoms with Crippen LogP contribution in [0.1, 0.15) is 18.4 Å². The number of ether oxygens (including phenoxy) is 2. The maximum Gasteiger partial charge on any atom is 0.223 e. The smallest absolute Gasteiger partial charge is 0.223 e. The van der Waals surface area contributed by atoms with Crippen molar-refractivity contribution >= 4 is 17.5 Å². The van der Waals surface area contributed by atoms with Crippen LogP contribution in [0.2, 0.25) is 5.02 Å². The molecular formula is C18H24ClNO3. The minimum absolute atomic E-state index is 0.219. The molecule has 3 rings (SSSR count). The van der Waals surface area contributed by atoms with Gasteiger partial charge < -0.3 is 14.4 Å². The largest absolute Gasteiger partial charge is 0.385 e. The normalized spacial score (nSPS) is 26.5. The van der Waals surface area contributed by atoms with Gasteiger partial charge in [-0.05, 0) is 36.5 Å². The third-order valence-electron chi connectivity index (χ3n) is 5.03. The number of methoxy groups -OCH3 is 1. The fraction of sp³-hybridized carbons (Fsp3) is 0.611. The van der Waals surface area contributed by atoms with Gasteiger partial charge in [-0.25, -0.2) is 0 Å². The van der Waals surface area contributed by atoms with Crippen LogP contribution in [-0.2, 0) is 20.7 Å². The highest BCUT2D eigenvalue weighted by atomic mass is 35.5. The van der Waals surface area contributed by atoms with E-state index in [4.69, 9.17) is 21.1 Å². The quantitative estimate of drug-likeness (QED) is 0.801. The van der Waals surface area contributed by atoms with Crippen LogP contribution in [0.15, 0.2) is 24.3 Å². The van der Waals surface area contributed by atoms with Gasteiger partial charge >= 0.3 is 0 Å². The topological polar surface area (TPSA) is 38.8 Å². The van der Waals surface area contributed by atoms with Gasteiger partial charge in [0.05, 0.1) is 12.7 Å². The highest BCUT2D eigenvalue weighted by Gasteiger charge is 2.44. The molecule has 0 spiro atoms. The molecule has 3 atom stereocenters. The molecule has 1 aromatic rings. The number of amides is 1. The number of halogens is 1. The van der Waals surface area contributed by atoms with Crippen molar-refractivity contribution < 1.29 is 14.3 Å². The van der Waals surface area contributed by atoms with E-state index in [-0.39, 0.29) is 12.0 Å². The molecule has 2 saturated heterocycles. The third-order valence-corrected chi connectivity index (χ3v) is 5.28. The number of hydrogen-bond acceptors (Lipinski definition) is 3. The molecule has 2 aliphatic heterocycles. The van der Waals surface area contributed by atoms with Crippen LogP contribution in [-0.4, -0.2) is 50.3 Å². The summed E-state index contributed by atoms with van der Waals surface area (Å²) in [6.45, 7) is 3.15. The van der Waals surface area contributed by atoms with Crippen LogP contribution < -0.4 is 0 Å². The molecule has 0 radical (unpaired) electrons. The minimum Gasteiger partial charge on any atom is -0.385 e. The zero-order valence-corrected chi connectivity index (χ0v) is 14.3. The molecule has 0 bridgehead atoms. The van der Waals surface area contributed by atoms with Gasteiger partial charge in [-0.15, -0.1) is 0 Å². The number of fused-ring (bicyclic) bond motifs is 1. The van der Waals surface area contributed by atoms with Crippen molar-refractivity contribution in [1.29, 1.82) is 0 Å². The Labute approximate surface area is 142 Å². The standard InChI is InChI=1S/C18H24ClNO3/c1-22-9-8-14-12-23-17-11-20(10-16(14)17)18(21)7-4-13-2-5-15(19)6-3-13/h2-3,5-6,14,16-17H,4,7-12H2,1H3/t14-,16-,17-/m1/s1. The van der Waals surface area contributed by atoms with Crippen molar-refractivity contribution in [2.45, 2.75) is 25.4 Å². The van der Waals surface area contributed by atoms with E-state index in [0.717, 1.165) is 49.7 Å². The van der Waals surface area contributed by atoms with Crippen LogP contribution in [0.3, 0.4) is 0 Å². The lowest BCUT2D eigenvalue weighted by Crippen LogP contribution is -2.31. The fourth-order valence-electron chi connectivity index (χ4n) is 3.63.